The first-order valence-corrected chi connectivity index (χ1v) is 10.8. The number of amides is 1. The average molecular weight is 440 g/mol. The molecule has 1 fully saturated rings. The lowest BCUT2D eigenvalue weighted by Crippen LogP contribution is -2.54. The van der Waals surface area contributed by atoms with Gasteiger partial charge in [-0.25, -0.2) is 9.37 Å². The minimum Gasteiger partial charge on any atom is -0.367 e. The number of piperazine rings is 1. The maximum atomic E-state index is 14.4. The second-order valence-corrected chi connectivity index (χ2v) is 8.64. The molecule has 4 heterocycles. The first-order valence-electron chi connectivity index (χ1n) is 10.1. The summed E-state index contributed by atoms with van der Waals surface area (Å²) in [6, 6.07) is 5.66. The van der Waals surface area contributed by atoms with Crippen LogP contribution in [0.5, 0.6) is 0 Å². The van der Waals surface area contributed by atoms with Crippen LogP contribution in [0, 0.1) is 12.7 Å². The molecule has 0 saturated carbocycles. The van der Waals surface area contributed by atoms with Crippen molar-refractivity contribution < 1.29 is 9.18 Å². The first kappa shape index (κ1) is 19.8. The number of halogens is 1. The number of aryl methyl sites for hydroxylation is 1. The number of pyridine rings is 1. The third-order valence-corrected chi connectivity index (χ3v) is 5.95. The molecule has 1 amide bonds. The highest BCUT2D eigenvalue weighted by molar-refractivity contribution is 7.00. The van der Waals surface area contributed by atoms with Gasteiger partial charge in [-0.05, 0) is 32.9 Å². The summed E-state index contributed by atoms with van der Waals surface area (Å²) < 4.78 is 24.8. The Morgan fingerprint density at radius 1 is 1.19 bits per heavy atom. The molecule has 0 radical (unpaired) electrons. The topological polar surface area (TPSA) is 87.5 Å². The van der Waals surface area contributed by atoms with Gasteiger partial charge in [0.15, 0.2) is 11.5 Å². The zero-order valence-corrected chi connectivity index (χ0v) is 18.2. The van der Waals surface area contributed by atoms with Gasteiger partial charge in [0.25, 0.3) is 5.91 Å². The van der Waals surface area contributed by atoms with Crippen LogP contribution >= 0.6 is 11.7 Å². The lowest BCUT2D eigenvalue weighted by atomic mass is 10.1. The molecular weight excluding hydrogens is 417 g/mol. The summed E-state index contributed by atoms with van der Waals surface area (Å²) in [4.78, 5) is 19.4. The van der Waals surface area contributed by atoms with Gasteiger partial charge >= 0.3 is 0 Å². The van der Waals surface area contributed by atoms with E-state index in [0.717, 1.165) is 30.5 Å². The summed E-state index contributed by atoms with van der Waals surface area (Å²) in [6.45, 7) is 7.80. The standard InChI is InChI=1S/C21H22FN7OS/c1-11-7-28(8-12(2)23-11)17-5-4-15(18-19(17)27-31-26-18)21(30)25-14-6-16(22)20-24-13(3)9-29(20)10-14/h4-6,9-12,23H,7-8H2,1-3H3,(H,25,30)/t11-,12-/m0/s1. The molecule has 1 saturated heterocycles. The van der Waals surface area contributed by atoms with Crippen LogP contribution in [0.3, 0.4) is 0 Å². The van der Waals surface area contributed by atoms with Crippen molar-refractivity contribution in [2.24, 2.45) is 0 Å². The molecule has 1 aliphatic rings. The summed E-state index contributed by atoms with van der Waals surface area (Å²) in [5.41, 5.74) is 3.92. The van der Waals surface area contributed by atoms with E-state index in [1.165, 1.54) is 6.07 Å². The molecule has 2 N–H and O–H groups in total. The average Bonchev–Trinajstić information content (AvgIpc) is 3.33. The van der Waals surface area contributed by atoms with Crippen molar-refractivity contribution in [3.8, 4) is 0 Å². The van der Waals surface area contributed by atoms with Gasteiger partial charge < -0.3 is 19.9 Å². The van der Waals surface area contributed by atoms with Gasteiger partial charge in [0.1, 0.15) is 11.0 Å². The van der Waals surface area contributed by atoms with E-state index in [0.29, 0.717) is 40.1 Å². The number of rotatable bonds is 3. The molecule has 8 nitrogen and oxygen atoms in total. The maximum Gasteiger partial charge on any atom is 0.258 e. The Bertz CT molecular complexity index is 1290. The smallest absolute Gasteiger partial charge is 0.258 e. The van der Waals surface area contributed by atoms with Gasteiger partial charge in [-0.15, -0.1) is 0 Å². The molecule has 1 aliphatic heterocycles. The molecule has 0 spiro atoms. The second kappa shape index (κ2) is 7.54. The number of carbonyl (C=O) groups excluding carboxylic acids is 1. The fourth-order valence-corrected chi connectivity index (χ4v) is 4.83. The molecule has 31 heavy (non-hydrogen) atoms. The Labute approximate surface area is 182 Å². The van der Waals surface area contributed by atoms with E-state index in [-0.39, 0.29) is 11.6 Å². The van der Waals surface area contributed by atoms with E-state index in [1.807, 2.05) is 6.07 Å². The number of anilines is 2. The Morgan fingerprint density at radius 3 is 2.71 bits per heavy atom. The van der Waals surface area contributed by atoms with Gasteiger partial charge in [0.05, 0.1) is 34.4 Å². The molecule has 4 aromatic rings. The molecular formula is C21H22FN7OS. The zero-order valence-electron chi connectivity index (χ0n) is 17.4. The number of aromatic nitrogens is 4. The number of nitrogens with one attached hydrogen (secondary N) is 2. The molecule has 0 unspecified atom stereocenters. The van der Waals surface area contributed by atoms with E-state index in [2.05, 4.69) is 43.1 Å². The number of imidazole rings is 1. The summed E-state index contributed by atoms with van der Waals surface area (Å²) in [5.74, 6) is -0.856. The minimum absolute atomic E-state index is 0.227. The summed E-state index contributed by atoms with van der Waals surface area (Å²) >= 11 is 1.08. The molecule has 10 heteroatoms. The van der Waals surface area contributed by atoms with E-state index >= 15 is 0 Å². The minimum atomic E-state index is -0.497. The van der Waals surface area contributed by atoms with Crippen molar-refractivity contribution in [2.45, 2.75) is 32.9 Å². The monoisotopic (exact) mass is 439 g/mol. The van der Waals surface area contributed by atoms with Crippen molar-refractivity contribution in [3.63, 3.8) is 0 Å². The second-order valence-electron chi connectivity index (χ2n) is 8.11. The highest BCUT2D eigenvalue weighted by atomic mass is 32.1. The zero-order chi connectivity index (χ0) is 21.7. The lowest BCUT2D eigenvalue weighted by Gasteiger charge is -2.37. The van der Waals surface area contributed by atoms with Crippen molar-refractivity contribution >= 4 is 45.7 Å². The van der Waals surface area contributed by atoms with Crippen LogP contribution in [-0.2, 0) is 0 Å². The van der Waals surface area contributed by atoms with Crippen molar-refractivity contribution in [3.05, 3.63) is 47.7 Å². The molecule has 0 aliphatic carbocycles. The number of hydrogen-bond acceptors (Lipinski definition) is 7. The fourth-order valence-electron chi connectivity index (χ4n) is 4.26. The van der Waals surface area contributed by atoms with Gasteiger partial charge in [-0.2, -0.15) is 8.75 Å². The van der Waals surface area contributed by atoms with Crippen LogP contribution in [0.1, 0.15) is 29.9 Å². The highest BCUT2D eigenvalue weighted by Crippen LogP contribution is 2.30. The van der Waals surface area contributed by atoms with Crippen LogP contribution in [0.25, 0.3) is 16.7 Å². The Hall–Kier alpha value is -3.11. The SMILES string of the molecule is Cc1cn2cc(NC(=O)c3ccc(N4C[C@H](C)N[C@@H](C)C4)c4nsnc34)cc(F)c2n1. The van der Waals surface area contributed by atoms with E-state index in [1.54, 1.807) is 29.8 Å². The van der Waals surface area contributed by atoms with Gasteiger partial charge in [0.2, 0.25) is 0 Å². The third kappa shape index (κ3) is 3.61. The number of benzene rings is 1. The molecule has 2 atom stereocenters. The third-order valence-electron chi connectivity index (χ3n) is 5.42. The van der Waals surface area contributed by atoms with E-state index < -0.39 is 5.82 Å². The van der Waals surface area contributed by atoms with Crippen molar-refractivity contribution in [1.82, 2.24) is 23.4 Å². The number of hydrogen-bond donors (Lipinski definition) is 2. The predicted molar refractivity (Wildman–Crippen MR) is 120 cm³/mol. The van der Waals surface area contributed by atoms with Gasteiger partial charge in [-0.3, -0.25) is 4.79 Å². The first-order chi connectivity index (χ1) is 14.9. The number of nitrogens with zero attached hydrogens (tertiary/aromatic N) is 5. The largest absolute Gasteiger partial charge is 0.367 e. The maximum absolute atomic E-state index is 14.4. The summed E-state index contributed by atoms with van der Waals surface area (Å²) in [6.07, 6.45) is 3.35. The molecule has 1 aromatic carbocycles. The quantitative estimate of drug-likeness (QED) is 0.510. The highest BCUT2D eigenvalue weighted by Gasteiger charge is 2.25. The molecule has 0 bridgehead atoms. The van der Waals surface area contributed by atoms with E-state index in [4.69, 9.17) is 0 Å². The van der Waals surface area contributed by atoms with Crippen LogP contribution in [-0.4, -0.2) is 49.2 Å². The summed E-state index contributed by atoms with van der Waals surface area (Å²) in [7, 11) is 0. The van der Waals surface area contributed by atoms with Crippen LogP contribution in [0.15, 0.2) is 30.6 Å². The molecule has 3 aromatic heterocycles. The summed E-state index contributed by atoms with van der Waals surface area (Å²) in [5, 5.41) is 6.30. The number of carbonyl (C=O) groups is 1. The molecule has 160 valence electrons. The number of fused-ring (bicyclic) bond motifs is 2. The molecule has 5 rings (SSSR count). The van der Waals surface area contributed by atoms with Crippen molar-refractivity contribution in [2.75, 3.05) is 23.3 Å². The van der Waals surface area contributed by atoms with Gasteiger partial charge in [0, 0.05) is 43.6 Å². The van der Waals surface area contributed by atoms with Gasteiger partial charge in [-0.1, -0.05) is 0 Å². The lowest BCUT2D eigenvalue weighted by molar-refractivity contribution is 0.102. The van der Waals surface area contributed by atoms with Crippen molar-refractivity contribution in [1.29, 1.82) is 0 Å². The Kier molecular flexibility index (Phi) is 4.82. The van der Waals surface area contributed by atoms with E-state index in [9.17, 15) is 9.18 Å². The van der Waals surface area contributed by atoms with Crippen LogP contribution in [0.4, 0.5) is 15.8 Å². The normalized spacial score (nSPS) is 19.3. The predicted octanol–water partition coefficient (Wildman–Crippen LogP) is 3.23. The van der Waals surface area contributed by atoms with Crippen LogP contribution in [0.2, 0.25) is 0 Å². The van der Waals surface area contributed by atoms with Crippen LogP contribution < -0.4 is 15.5 Å². The Morgan fingerprint density at radius 2 is 1.94 bits per heavy atom. The fraction of sp³-hybridized carbons (Fsp3) is 0.333. The Balaban J connectivity index is 1.47.